The van der Waals surface area contributed by atoms with Gasteiger partial charge in [-0.05, 0) is 24.3 Å². The van der Waals surface area contributed by atoms with Crippen LogP contribution in [0.1, 0.15) is 11.3 Å². The number of aromatic nitrogens is 2. The lowest BCUT2D eigenvalue weighted by Gasteiger charge is -2.16. The van der Waals surface area contributed by atoms with E-state index in [1.807, 2.05) is 0 Å². The topological polar surface area (TPSA) is 29.9 Å². The lowest BCUT2D eigenvalue weighted by atomic mass is 10.0. The summed E-state index contributed by atoms with van der Waals surface area (Å²) in [4.78, 5) is 0. The van der Waals surface area contributed by atoms with E-state index in [2.05, 4.69) is 10.4 Å². The van der Waals surface area contributed by atoms with Crippen molar-refractivity contribution in [1.82, 2.24) is 15.1 Å². The second-order valence-electron chi connectivity index (χ2n) is 5.69. The minimum atomic E-state index is -0.932. The van der Waals surface area contributed by atoms with E-state index in [4.69, 9.17) is 0 Å². The van der Waals surface area contributed by atoms with Crippen molar-refractivity contribution in [3.05, 3.63) is 71.2 Å². The molecule has 0 radical (unpaired) electrons. The Balaban J connectivity index is 1.93. The first kappa shape index (κ1) is 15.0. The molecule has 3 aromatic rings. The normalized spacial score (nSPS) is 13.8. The third-order valence-electron chi connectivity index (χ3n) is 4.21. The van der Waals surface area contributed by atoms with Gasteiger partial charge in [-0.1, -0.05) is 12.1 Å². The van der Waals surface area contributed by atoms with Crippen LogP contribution < -0.4 is 5.32 Å². The number of rotatable bonds is 2. The van der Waals surface area contributed by atoms with Crippen LogP contribution in [0.4, 0.5) is 13.2 Å². The minimum absolute atomic E-state index is 0.360. The first-order valence-corrected chi connectivity index (χ1v) is 7.67. The van der Waals surface area contributed by atoms with Crippen molar-refractivity contribution >= 4 is 0 Å². The first-order valence-electron chi connectivity index (χ1n) is 7.67. The van der Waals surface area contributed by atoms with E-state index >= 15 is 0 Å². The molecule has 24 heavy (non-hydrogen) atoms. The van der Waals surface area contributed by atoms with E-state index in [0.29, 0.717) is 29.9 Å². The Morgan fingerprint density at radius 2 is 1.79 bits per heavy atom. The Labute approximate surface area is 136 Å². The number of hydrogen-bond acceptors (Lipinski definition) is 2. The largest absolute Gasteiger partial charge is 0.312 e. The van der Waals surface area contributed by atoms with Gasteiger partial charge >= 0.3 is 0 Å². The summed E-state index contributed by atoms with van der Waals surface area (Å²) < 4.78 is 42.6. The van der Waals surface area contributed by atoms with Crippen LogP contribution in [0, 0.1) is 17.5 Å². The Hall–Kier alpha value is -2.60. The number of hydrogen-bond donors (Lipinski definition) is 1. The molecular formula is C18H14F3N3. The van der Waals surface area contributed by atoms with Crippen molar-refractivity contribution in [2.75, 3.05) is 6.54 Å². The Morgan fingerprint density at radius 1 is 0.958 bits per heavy atom. The van der Waals surface area contributed by atoms with Gasteiger partial charge in [-0.15, -0.1) is 0 Å². The van der Waals surface area contributed by atoms with Crippen LogP contribution >= 0.6 is 0 Å². The molecule has 122 valence electrons. The van der Waals surface area contributed by atoms with E-state index in [0.717, 1.165) is 29.9 Å². The highest BCUT2D eigenvalue weighted by Crippen LogP contribution is 2.31. The van der Waals surface area contributed by atoms with Crippen LogP contribution in [0.2, 0.25) is 0 Å². The quantitative estimate of drug-likeness (QED) is 0.778. The van der Waals surface area contributed by atoms with E-state index in [-0.39, 0.29) is 5.82 Å². The summed E-state index contributed by atoms with van der Waals surface area (Å²) in [5, 5.41) is 7.76. The Bertz CT molecular complexity index is 918. The van der Waals surface area contributed by atoms with Crippen LogP contribution in [-0.4, -0.2) is 16.3 Å². The molecule has 0 saturated carbocycles. The van der Waals surface area contributed by atoms with Crippen molar-refractivity contribution in [3.63, 3.8) is 0 Å². The second-order valence-corrected chi connectivity index (χ2v) is 5.69. The lowest BCUT2D eigenvalue weighted by molar-refractivity contribution is 0.507. The molecule has 1 aromatic heterocycles. The van der Waals surface area contributed by atoms with E-state index in [1.165, 1.54) is 12.1 Å². The minimum Gasteiger partial charge on any atom is -0.312 e. The summed E-state index contributed by atoms with van der Waals surface area (Å²) in [7, 11) is 0. The molecule has 0 atom stereocenters. The Morgan fingerprint density at radius 3 is 2.58 bits per heavy atom. The number of nitrogens with one attached hydrogen (secondary N) is 1. The molecule has 0 aliphatic carbocycles. The number of nitrogens with zero attached hydrogens (tertiary/aromatic N) is 2. The molecule has 1 N–H and O–H groups in total. The Kier molecular flexibility index (Phi) is 3.61. The lowest BCUT2D eigenvalue weighted by Crippen LogP contribution is -2.24. The molecule has 0 amide bonds. The fraction of sp³-hybridized carbons (Fsp3) is 0.167. The fourth-order valence-corrected chi connectivity index (χ4v) is 3.05. The highest BCUT2D eigenvalue weighted by atomic mass is 19.2. The molecule has 2 aromatic carbocycles. The van der Waals surface area contributed by atoms with Gasteiger partial charge < -0.3 is 5.32 Å². The van der Waals surface area contributed by atoms with Gasteiger partial charge in [0.2, 0.25) is 0 Å². The highest BCUT2D eigenvalue weighted by molar-refractivity contribution is 5.66. The van der Waals surface area contributed by atoms with Crippen LogP contribution in [0.3, 0.4) is 0 Å². The predicted molar refractivity (Wildman–Crippen MR) is 84.3 cm³/mol. The van der Waals surface area contributed by atoms with Gasteiger partial charge in [0.25, 0.3) is 0 Å². The maximum atomic E-state index is 14.2. The molecule has 0 spiro atoms. The van der Waals surface area contributed by atoms with Gasteiger partial charge in [0.05, 0.1) is 11.4 Å². The number of halogens is 3. The van der Waals surface area contributed by atoms with Crippen LogP contribution in [0.15, 0.2) is 42.5 Å². The van der Waals surface area contributed by atoms with Crippen molar-refractivity contribution < 1.29 is 13.2 Å². The molecule has 0 saturated heterocycles. The molecule has 3 nitrogen and oxygen atoms in total. The van der Waals surface area contributed by atoms with Gasteiger partial charge in [0.15, 0.2) is 11.6 Å². The molecule has 0 fully saturated rings. The summed E-state index contributed by atoms with van der Waals surface area (Å²) in [5.74, 6) is -2.20. The summed E-state index contributed by atoms with van der Waals surface area (Å²) in [6.07, 6.45) is 0.676. The van der Waals surface area contributed by atoms with Gasteiger partial charge in [-0.3, -0.25) is 0 Å². The van der Waals surface area contributed by atoms with Crippen LogP contribution in [-0.2, 0) is 13.0 Å². The number of fused-ring (bicyclic) bond motifs is 1. The zero-order valence-corrected chi connectivity index (χ0v) is 12.7. The van der Waals surface area contributed by atoms with E-state index in [1.54, 1.807) is 22.9 Å². The first-order chi connectivity index (χ1) is 11.6. The molecule has 6 heteroatoms. The van der Waals surface area contributed by atoms with Crippen LogP contribution in [0.5, 0.6) is 0 Å². The number of benzene rings is 2. The predicted octanol–water partition coefficient (Wildman–Crippen LogP) is 3.60. The maximum absolute atomic E-state index is 14.2. The maximum Gasteiger partial charge on any atom is 0.160 e. The molecular weight excluding hydrogens is 315 g/mol. The summed E-state index contributed by atoms with van der Waals surface area (Å²) >= 11 is 0. The second kappa shape index (κ2) is 5.79. The SMILES string of the molecule is Fc1ccc(-n2nc(-c3ccccc3F)c3c2CCNC3)cc1F. The van der Waals surface area contributed by atoms with Crippen molar-refractivity contribution in [2.24, 2.45) is 0 Å². The highest BCUT2D eigenvalue weighted by Gasteiger charge is 2.24. The average molecular weight is 329 g/mol. The zero-order chi connectivity index (χ0) is 16.7. The van der Waals surface area contributed by atoms with Crippen LogP contribution in [0.25, 0.3) is 16.9 Å². The average Bonchev–Trinajstić information content (AvgIpc) is 2.97. The van der Waals surface area contributed by atoms with Crippen molar-refractivity contribution in [2.45, 2.75) is 13.0 Å². The van der Waals surface area contributed by atoms with E-state index < -0.39 is 11.6 Å². The van der Waals surface area contributed by atoms with Gasteiger partial charge in [-0.2, -0.15) is 5.10 Å². The zero-order valence-electron chi connectivity index (χ0n) is 12.7. The molecule has 4 rings (SSSR count). The monoisotopic (exact) mass is 329 g/mol. The molecule has 0 bridgehead atoms. The van der Waals surface area contributed by atoms with E-state index in [9.17, 15) is 13.2 Å². The van der Waals surface area contributed by atoms with Crippen molar-refractivity contribution in [3.8, 4) is 16.9 Å². The van der Waals surface area contributed by atoms with Gasteiger partial charge in [-0.25, -0.2) is 17.9 Å². The molecule has 2 heterocycles. The van der Waals surface area contributed by atoms with Gasteiger partial charge in [0.1, 0.15) is 11.5 Å². The smallest absolute Gasteiger partial charge is 0.160 e. The molecule has 1 aliphatic heterocycles. The fourth-order valence-electron chi connectivity index (χ4n) is 3.05. The molecule has 1 aliphatic rings. The third-order valence-corrected chi connectivity index (χ3v) is 4.21. The van der Waals surface area contributed by atoms with Gasteiger partial charge in [0, 0.05) is 36.7 Å². The summed E-state index contributed by atoms with van der Waals surface area (Å²) in [5.41, 5.74) is 3.13. The summed E-state index contributed by atoms with van der Waals surface area (Å²) in [6.45, 7) is 1.31. The summed E-state index contributed by atoms with van der Waals surface area (Å²) in [6, 6.07) is 10.1. The van der Waals surface area contributed by atoms with Crippen molar-refractivity contribution in [1.29, 1.82) is 0 Å². The third kappa shape index (κ3) is 2.39. The standard InChI is InChI=1S/C18H14F3N3/c19-14-4-2-1-3-12(14)18-13-10-22-8-7-17(13)24(23-18)11-5-6-15(20)16(21)9-11/h1-6,9,22H,7-8,10H2. The molecule has 0 unspecified atom stereocenters.